The van der Waals surface area contributed by atoms with Crippen molar-refractivity contribution in [2.75, 3.05) is 20.6 Å². The molecule has 0 saturated heterocycles. The third kappa shape index (κ3) is 4.52. The van der Waals surface area contributed by atoms with E-state index in [-0.39, 0.29) is 11.4 Å². The van der Waals surface area contributed by atoms with Gasteiger partial charge in [0.05, 0.1) is 0 Å². The first-order valence-corrected chi connectivity index (χ1v) is 8.15. The molecule has 0 radical (unpaired) electrons. The molecule has 1 atom stereocenters. The highest BCUT2D eigenvalue weighted by molar-refractivity contribution is 5.19. The molecule has 1 rings (SSSR count). The number of nitrogens with one attached hydrogen (secondary N) is 1. The highest BCUT2D eigenvalue weighted by Gasteiger charge is 2.37. The van der Waals surface area contributed by atoms with Crippen LogP contribution >= 0.6 is 0 Å². The van der Waals surface area contributed by atoms with Gasteiger partial charge >= 0.3 is 0 Å². The lowest BCUT2D eigenvalue weighted by atomic mass is 9.80. The molecule has 0 aromatic heterocycles. The number of benzene rings is 1. The van der Waals surface area contributed by atoms with Crippen LogP contribution < -0.4 is 5.32 Å². The summed E-state index contributed by atoms with van der Waals surface area (Å²) in [6, 6.07) is 7.32. The Hall–Kier alpha value is -0.930. The minimum atomic E-state index is -0.148. The lowest BCUT2D eigenvalue weighted by molar-refractivity contribution is 0.0881. The first-order valence-electron chi connectivity index (χ1n) is 8.15. The zero-order chi connectivity index (χ0) is 15.9. The Morgan fingerprint density at radius 2 is 1.86 bits per heavy atom. The van der Waals surface area contributed by atoms with Gasteiger partial charge in [-0.1, -0.05) is 32.9 Å². The quantitative estimate of drug-likeness (QED) is 0.744. The number of halogens is 1. The maximum Gasteiger partial charge on any atom is 0.123 e. The molecule has 0 saturated carbocycles. The van der Waals surface area contributed by atoms with Crippen molar-refractivity contribution in [2.45, 2.75) is 58.0 Å². The van der Waals surface area contributed by atoms with Gasteiger partial charge in [-0.15, -0.1) is 0 Å². The first-order chi connectivity index (χ1) is 10.00. The van der Waals surface area contributed by atoms with Crippen LogP contribution in [0.25, 0.3) is 0 Å². The summed E-state index contributed by atoms with van der Waals surface area (Å²) in [5, 5.41) is 3.70. The SMILES string of the molecule is CCCNC(Cc1cccc(F)c1)C(CC)(CC)N(C)C. The van der Waals surface area contributed by atoms with Gasteiger partial charge in [0.1, 0.15) is 5.82 Å². The number of nitrogens with zero attached hydrogens (tertiary/aromatic N) is 1. The summed E-state index contributed by atoms with van der Waals surface area (Å²) in [6.07, 6.45) is 4.12. The molecule has 2 nitrogen and oxygen atoms in total. The molecule has 0 fully saturated rings. The molecule has 0 aliphatic rings. The fourth-order valence-electron chi connectivity index (χ4n) is 3.36. The lowest BCUT2D eigenvalue weighted by Gasteiger charge is -2.46. The third-order valence-corrected chi connectivity index (χ3v) is 4.73. The van der Waals surface area contributed by atoms with Gasteiger partial charge in [-0.2, -0.15) is 0 Å². The number of likely N-dealkylation sites (N-methyl/N-ethyl adjacent to an activating group) is 1. The van der Waals surface area contributed by atoms with Crippen molar-refractivity contribution in [3.63, 3.8) is 0 Å². The maximum absolute atomic E-state index is 13.5. The van der Waals surface area contributed by atoms with Gasteiger partial charge in [-0.05, 0) is 64.0 Å². The van der Waals surface area contributed by atoms with Gasteiger partial charge in [0.15, 0.2) is 0 Å². The van der Waals surface area contributed by atoms with Crippen LogP contribution in [0.2, 0.25) is 0 Å². The largest absolute Gasteiger partial charge is 0.312 e. The molecule has 1 N–H and O–H groups in total. The zero-order valence-electron chi connectivity index (χ0n) is 14.2. The molecule has 1 unspecified atom stereocenters. The summed E-state index contributed by atoms with van der Waals surface area (Å²) in [4.78, 5) is 2.33. The topological polar surface area (TPSA) is 15.3 Å². The summed E-state index contributed by atoms with van der Waals surface area (Å²) in [6.45, 7) is 7.67. The second-order valence-electron chi connectivity index (χ2n) is 6.05. The molecular formula is C18H31FN2. The highest BCUT2D eigenvalue weighted by Crippen LogP contribution is 2.28. The molecule has 1 aromatic rings. The molecule has 21 heavy (non-hydrogen) atoms. The van der Waals surface area contributed by atoms with E-state index >= 15 is 0 Å². The van der Waals surface area contributed by atoms with Crippen LogP contribution in [0.5, 0.6) is 0 Å². The summed E-state index contributed by atoms with van der Waals surface area (Å²) in [5.74, 6) is -0.148. The van der Waals surface area contributed by atoms with E-state index in [4.69, 9.17) is 0 Å². The van der Waals surface area contributed by atoms with Gasteiger partial charge in [0.2, 0.25) is 0 Å². The summed E-state index contributed by atoms with van der Waals surface area (Å²) >= 11 is 0. The van der Waals surface area contributed by atoms with Crippen molar-refractivity contribution < 1.29 is 4.39 Å². The molecule has 0 aliphatic carbocycles. The molecule has 120 valence electrons. The Bertz CT molecular complexity index is 413. The van der Waals surface area contributed by atoms with Crippen molar-refractivity contribution in [3.05, 3.63) is 35.6 Å². The average Bonchev–Trinajstić information content (AvgIpc) is 2.46. The van der Waals surface area contributed by atoms with Crippen molar-refractivity contribution in [1.29, 1.82) is 0 Å². The van der Waals surface area contributed by atoms with Gasteiger partial charge in [-0.3, -0.25) is 0 Å². The normalized spacial score (nSPS) is 13.7. The molecule has 0 spiro atoms. The van der Waals surface area contributed by atoms with Crippen LogP contribution in [0, 0.1) is 5.82 Å². The summed E-state index contributed by atoms with van der Waals surface area (Å²) in [7, 11) is 4.30. The van der Waals surface area contributed by atoms with Crippen LogP contribution in [0.1, 0.15) is 45.6 Å². The lowest BCUT2D eigenvalue weighted by Crippen LogP contribution is -2.59. The third-order valence-electron chi connectivity index (χ3n) is 4.73. The van der Waals surface area contributed by atoms with E-state index in [2.05, 4.69) is 45.1 Å². The van der Waals surface area contributed by atoms with Crippen molar-refractivity contribution >= 4 is 0 Å². The molecule has 0 bridgehead atoms. The second-order valence-corrected chi connectivity index (χ2v) is 6.05. The Labute approximate surface area is 129 Å². The minimum Gasteiger partial charge on any atom is -0.312 e. The molecule has 1 aromatic carbocycles. The standard InChI is InChI=1S/C18H31FN2/c1-6-12-20-17(18(7-2,8-3)21(4)5)14-15-10-9-11-16(19)13-15/h9-11,13,17,20H,6-8,12,14H2,1-5H3. The average molecular weight is 294 g/mol. The number of hydrogen-bond donors (Lipinski definition) is 1. The van der Waals surface area contributed by atoms with E-state index in [1.54, 1.807) is 12.1 Å². The smallest absolute Gasteiger partial charge is 0.123 e. The highest BCUT2D eigenvalue weighted by atomic mass is 19.1. The van der Waals surface area contributed by atoms with E-state index in [9.17, 15) is 4.39 Å². The molecule has 0 aliphatic heterocycles. The fraction of sp³-hybridized carbons (Fsp3) is 0.667. The van der Waals surface area contributed by atoms with Crippen molar-refractivity contribution in [3.8, 4) is 0 Å². The maximum atomic E-state index is 13.5. The Morgan fingerprint density at radius 1 is 1.19 bits per heavy atom. The molecule has 0 heterocycles. The van der Waals surface area contributed by atoms with E-state index in [0.29, 0.717) is 6.04 Å². The van der Waals surface area contributed by atoms with Crippen LogP contribution in [0.3, 0.4) is 0 Å². The van der Waals surface area contributed by atoms with E-state index < -0.39 is 0 Å². The summed E-state index contributed by atoms with van der Waals surface area (Å²) < 4.78 is 13.5. The van der Waals surface area contributed by atoms with Crippen molar-refractivity contribution in [1.82, 2.24) is 10.2 Å². The predicted octanol–water partition coefficient (Wildman–Crippen LogP) is 3.86. The van der Waals surface area contributed by atoms with Gasteiger partial charge in [-0.25, -0.2) is 4.39 Å². The molecule has 0 amide bonds. The van der Waals surface area contributed by atoms with Crippen molar-refractivity contribution in [2.24, 2.45) is 0 Å². The Balaban J connectivity index is 3.03. The molecular weight excluding hydrogens is 263 g/mol. The van der Waals surface area contributed by atoms with E-state index in [0.717, 1.165) is 37.8 Å². The number of hydrogen-bond acceptors (Lipinski definition) is 2. The predicted molar refractivity (Wildman–Crippen MR) is 89.2 cm³/mol. The van der Waals surface area contributed by atoms with Gasteiger partial charge in [0, 0.05) is 11.6 Å². The van der Waals surface area contributed by atoms with Crippen LogP contribution in [-0.2, 0) is 6.42 Å². The van der Waals surface area contributed by atoms with E-state index in [1.165, 1.54) is 6.07 Å². The van der Waals surface area contributed by atoms with E-state index in [1.807, 2.05) is 6.07 Å². The Morgan fingerprint density at radius 3 is 2.33 bits per heavy atom. The molecule has 3 heteroatoms. The second kappa shape index (κ2) is 8.50. The van der Waals surface area contributed by atoms with Crippen LogP contribution in [0.4, 0.5) is 4.39 Å². The van der Waals surface area contributed by atoms with Crippen LogP contribution in [0.15, 0.2) is 24.3 Å². The first kappa shape index (κ1) is 18.1. The number of rotatable bonds is 9. The fourth-order valence-corrected chi connectivity index (χ4v) is 3.36. The van der Waals surface area contributed by atoms with Gasteiger partial charge in [0.25, 0.3) is 0 Å². The zero-order valence-corrected chi connectivity index (χ0v) is 14.2. The monoisotopic (exact) mass is 294 g/mol. The minimum absolute atomic E-state index is 0.0987. The summed E-state index contributed by atoms with van der Waals surface area (Å²) in [5.41, 5.74) is 1.17. The Kier molecular flexibility index (Phi) is 7.33. The van der Waals surface area contributed by atoms with Gasteiger partial charge < -0.3 is 10.2 Å². The van der Waals surface area contributed by atoms with Crippen LogP contribution in [-0.4, -0.2) is 37.1 Å².